The van der Waals surface area contributed by atoms with Crippen molar-refractivity contribution in [2.45, 2.75) is 65.0 Å². The lowest BCUT2D eigenvalue weighted by Crippen LogP contribution is -2.13. The van der Waals surface area contributed by atoms with E-state index in [1.807, 2.05) is 73.7 Å². The molecule has 1 fully saturated rings. The van der Waals surface area contributed by atoms with E-state index in [2.05, 4.69) is 10.8 Å². The van der Waals surface area contributed by atoms with Gasteiger partial charge in [0.25, 0.3) is 0 Å². The van der Waals surface area contributed by atoms with E-state index in [9.17, 15) is 9.90 Å². The zero-order chi connectivity index (χ0) is 29.6. The van der Waals surface area contributed by atoms with Crippen LogP contribution in [0, 0.1) is 0 Å². The molecule has 4 aromatic rings. The van der Waals surface area contributed by atoms with Crippen LogP contribution >= 0.6 is 11.6 Å². The first-order valence-corrected chi connectivity index (χ1v) is 14.9. The zero-order valence-electron chi connectivity index (χ0n) is 24.4. The van der Waals surface area contributed by atoms with E-state index >= 15 is 0 Å². The topological polar surface area (TPSA) is 73.6 Å². The number of carbonyl (C=O) groups is 1. The molecule has 5 rings (SSSR count). The van der Waals surface area contributed by atoms with Crippen LogP contribution in [0.1, 0.15) is 69.7 Å². The maximum absolute atomic E-state index is 11.8. The number of carboxylic acids is 1. The van der Waals surface area contributed by atoms with Crippen LogP contribution < -0.4 is 9.47 Å². The highest BCUT2D eigenvalue weighted by Crippen LogP contribution is 2.36. The second kappa shape index (κ2) is 13.3. The average Bonchev–Trinajstić information content (AvgIpc) is 3.46. The molecule has 3 aromatic carbocycles. The Morgan fingerprint density at radius 2 is 1.64 bits per heavy atom. The van der Waals surface area contributed by atoms with Crippen molar-refractivity contribution < 1.29 is 19.4 Å². The molecule has 0 radical (unpaired) electrons. The average molecular weight is 585 g/mol. The molecule has 6 nitrogen and oxygen atoms in total. The number of carboxylic acid groups (broad SMARTS) is 1. The minimum atomic E-state index is -0.905. The molecule has 7 heteroatoms. The van der Waals surface area contributed by atoms with Crippen LogP contribution in [0.15, 0.2) is 78.5 Å². The molecule has 0 spiro atoms. The Balaban J connectivity index is 1.42. The van der Waals surface area contributed by atoms with Crippen molar-refractivity contribution in [2.24, 2.45) is 0 Å². The van der Waals surface area contributed by atoms with Crippen LogP contribution in [0.25, 0.3) is 28.1 Å². The number of hydrogen-bond acceptors (Lipinski definition) is 4. The minimum Gasteiger partial charge on any atom is -0.497 e. The molecule has 42 heavy (non-hydrogen) atoms. The van der Waals surface area contributed by atoms with Crippen molar-refractivity contribution in [3.8, 4) is 34.0 Å². The molecule has 1 saturated carbocycles. The van der Waals surface area contributed by atoms with Crippen LogP contribution in [0.2, 0.25) is 5.02 Å². The van der Waals surface area contributed by atoms with Crippen LogP contribution in [0.4, 0.5) is 0 Å². The molecular formula is C35H37ClN2O4. The van der Waals surface area contributed by atoms with Crippen LogP contribution in [-0.2, 0) is 11.4 Å². The first-order chi connectivity index (χ1) is 20.4. The Labute approximate surface area is 252 Å². The van der Waals surface area contributed by atoms with E-state index in [1.165, 1.54) is 19.3 Å². The van der Waals surface area contributed by atoms with Gasteiger partial charge in [0.2, 0.25) is 0 Å². The number of allylic oxidation sites excluding steroid dienone is 1. The van der Waals surface area contributed by atoms with Crippen molar-refractivity contribution in [1.82, 2.24) is 9.55 Å². The largest absolute Gasteiger partial charge is 0.497 e. The van der Waals surface area contributed by atoms with Gasteiger partial charge in [0, 0.05) is 34.0 Å². The Morgan fingerprint density at radius 3 is 2.29 bits per heavy atom. The normalized spacial score (nSPS) is 14.4. The van der Waals surface area contributed by atoms with Crippen molar-refractivity contribution in [3.05, 3.63) is 94.8 Å². The highest BCUT2D eigenvalue weighted by Gasteiger charge is 2.23. The van der Waals surface area contributed by atoms with Gasteiger partial charge in [-0.05, 0) is 91.4 Å². The lowest BCUT2D eigenvalue weighted by Gasteiger charge is -2.24. The van der Waals surface area contributed by atoms with E-state index in [1.54, 1.807) is 14.0 Å². The van der Waals surface area contributed by atoms with Gasteiger partial charge in [0.05, 0.1) is 12.8 Å². The fourth-order valence-electron chi connectivity index (χ4n) is 5.75. The Morgan fingerprint density at radius 1 is 0.976 bits per heavy atom. The van der Waals surface area contributed by atoms with Crippen LogP contribution in [-0.4, -0.2) is 27.7 Å². The van der Waals surface area contributed by atoms with Crippen molar-refractivity contribution in [3.63, 3.8) is 0 Å². The number of benzene rings is 3. The number of rotatable bonds is 10. The predicted octanol–water partition coefficient (Wildman–Crippen LogP) is 9.23. The summed E-state index contributed by atoms with van der Waals surface area (Å²) in [7, 11) is 1.66. The molecule has 0 bridgehead atoms. The number of nitrogens with zero attached hydrogens (tertiary/aromatic N) is 2. The van der Waals surface area contributed by atoms with Gasteiger partial charge < -0.3 is 19.1 Å². The van der Waals surface area contributed by atoms with Crippen molar-refractivity contribution in [2.75, 3.05) is 7.11 Å². The SMILES string of the molecule is CCC(=C(C)C(=O)O)c1cn(C2CCCCC2)c(-c2ccc(OCc3cc(OC)ccc3-c3ccc(Cl)cc3)cc2)n1. The monoisotopic (exact) mass is 584 g/mol. The third-order valence-corrected chi connectivity index (χ3v) is 8.36. The van der Waals surface area contributed by atoms with Crippen molar-refractivity contribution in [1.29, 1.82) is 0 Å². The lowest BCUT2D eigenvalue weighted by atomic mass is 9.95. The number of methoxy groups -OCH3 is 1. The van der Waals surface area contributed by atoms with Gasteiger partial charge in [0.1, 0.15) is 23.9 Å². The number of aromatic nitrogens is 2. The molecule has 218 valence electrons. The summed E-state index contributed by atoms with van der Waals surface area (Å²) in [4.78, 5) is 16.8. The molecule has 0 amide bonds. The summed E-state index contributed by atoms with van der Waals surface area (Å²) >= 11 is 6.11. The summed E-state index contributed by atoms with van der Waals surface area (Å²) < 4.78 is 14.0. The number of aliphatic carboxylic acids is 1. The second-order valence-corrected chi connectivity index (χ2v) is 11.2. The Hall–Kier alpha value is -4.03. The van der Waals surface area contributed by atoms with Gasteiger partial charge in [-0.1, -0.05) is 56.0 Å². The lowest BCUT2D eigenvalue weighted by molar-refractivity contribution is -0.132. The molecule has 0 aliphatic heterocycles. The van der Waals surface area contributed by atoms with Gasteiger partial charge in [-0.25, -0.2) is 9.78 Å². The maximum atomic E-state index is 11.8. The molecular weight excluding hydrogens is 548 g/mol. The first-order valence-electron chi connectivity index (χ1n) is 14.6. The summed E-state index contributed by atoms with van der Waals surface area (Å²) in [5, 5.41) is 10.3. The predicted molar refractivity (Wildman–Crippen MR) is 168 cm³/mol. The third-order valence-electron chi connectivity index (χ3n) is 8.11. The third kappa shape index (κ3) is 6.55. The van der Waals surface area contributed by atoms with Gasteiger partial charge in [-0.2, -0.15) is 0 Å². The molecule has 1 aliphatic carbocycles. The number of hydrogen-bond donors (Lipinski definition) is 1. The molecule has 1 N–H and O–H groups in total. The zero-order valence-corrected chi connectivity index (χ0v) is 25.2. The minimum absolute atomic E-state index is 0.344. The fourth-order valence-corrected chi connectivity index (χ4v) is 5.87. The van der Waals surface area contributed by atoms with E-state index in [-0.39, 0.29) is 0 Å². The smallest absolute Gasteiger partial charge is 0.331 e. The standard InChI is InChI=1S/C35H37ClN2O4/c1-4-31(23(2)35(39)40)33-21-38(28-8-6-5-7-9-28)34(37-33)25-12-16-29(17-13-25)42-22-26-20-30(41-3)18-19-32(26)24-10-14-27(36)15-11-24/h10-21,28H,4-9,22H2,1-3H3,(H,39,40). The second-order valence-electron chi connectivity index (χ2n) is 10.8. The van der Waals surface area contributed by atoms with E-state index in [0.717, 1.165) is 63.7 Å². The highest BCUT2D eigenvalue weighted by atomic mass is 35.5. The summed E-state index contributed by atoms with van der Waals surface area (Å²) in [6, 6.07) is 22.1. The molecule has 0 saturated heterocycles. The van der Waals surface area contributed by atoms with Gasteiger partial charge in [-0.15, -0.1) is 0 Å². The van der Waals surface area contributed by atoms with Crippen LogP contribution in [0.5, 0.6) is 11.5 Å². The van der Waals surface area contributed by atoms with Gasteiger partial charge in [0.15, 0.2) is 0 Å². The molecule has 0 atom stereocenters. The highest BCUT2D eigenvalue weighted by molar-refractivity contribution is 6.30. The summed E-state index contributed by atoms with van der Waals surface area (Å²) in [5.74, 6) is 1.48. The van der Waals surface area contributed by atoms with E-state index < -0.39 is 5.97 Å². The Bertz CT molecular complexity index is 1570. The summed E-state index contributed by atoms with van der Waals surface area (Å²) in [5.41, 5.74) is 5.95. The quantitative estimate of drug-likeness (QED) is 0.188. The number of ether oxygens (including phenoxy) is 2. The summed E-state index contributed by atoms with van der Waals surface area (Å²) in [6.45, 7) is 4.01. The molecule has 1 aromatic heterocycles. The Kier molecular flexibility index (Phi) is 9.33. The molecule has 1 aliphatic rings. The molecule has 0 unspecified atom stereocenters. The first kappa shape index (κ1) is 29.5. The van der Waals surface area contributed by atoms with E-state index in [0.29, 0.717) is 29.7 Å². The van der Waals surface area contributed by atoms with Gasteiger partial charge in [-0.3, -0.25) is 0 Å². The van der Waals surface area contributed by atoms with Gasteiger partial charge >= 0.3 is 5.97 Å². The summed E-state index contributed by atoms with van der Waals surface area (Å²) in [6.07, 6.45) is 8.50. The van der Waals surface area contributed by atoms with E-state index in [4.69, 9.17) is 26.1 Å². The number of imidazole rings is 1. The fraction of sp³-hybridized carbons (Fsp3) is 0.314. The van der Waals surface area contributed by atoms with Crippen molar-refractivity contribution >= 4 is 23.1 Å². The number of halogens is 1. The molecule has 1 heterocycles. The maximum Gasteiger partial charge on any atom is 0.331 e. The van der Waals surface area contributed by atoms with Crippen LogP contribution in [0.3, 0.4) is 0 Å².